The number of aromatic nitrogens is 1. The predicted octanol–water partition coefficient (Wildman–Crippen LogP) is 4.31. The monoisotopic (exact) mass is 504 g/mol. The number of rotatable bonds is 3. The van der Waals surface area contributed by atoms with E-state index in [1.807, 2.05) is 36.4 Å². The van der Waals surface area contributed by atoms with Gasteiger partial charge in [0.2, 0.25) is 0 Å². The molecule has 1 aromatic heterocycles. The van der Waals surface area contributed by atoms with E-state index < -0.39 is 11.3 Å². The van der Waals surface area contributed by atoms with E-state index in [9.17, 15) is 9.59 Å². The number of fused-ring (bicyclic) bond motifs is 2. The number of carbonyl (C=O) groups excluding carboxylic acids is 2. The van der Waals surface area contributed by atoms with Crippen LogP contribution in [0.5, 0.6) is 0 Å². The van der Waals surface area contributed by atoms with Crippen LogP contribution in [0, 0.1) is 5.41 Å². The van der Waals surface area contributed by atoms with Crippen molar-refractivity contribution in [2.45, 2.75) is 11.3 Å². The molecular formula is C26H21ClN4O3S. The number of nitrogens with one attached hydrogen (secondary N) is 1. The van der Waals surface area contributed by atoms with E-state index >= 15 is 0 Å². The van der Waals surface area contributed by atoms with Crippen LogP contribution >= 0.6 is 23.4 Å². The molecule has 7 rings (SSSR count). The Hall–Kier alpha value is -3.07. The quantitative estimate of drug-likeness (QED) is 0.573. The Morgan fingerprint density at radius 1 is 1.11 bits per heavy atom. The lowest BCUT2D eigenvalue weighted by molar-refractivity contribution is -0.127. The van der Waals surface area contributed by atoms with Gasteiger partial charge in [0.25, 0.3) is 5.91 Å². The van der Waals surface area contributed by atoms with E-state index in [-0.39, 0.29) is 11.9 Å². The van der Waals surface area contributed by atoms with Gasteiger partial charge in [-0.05, 0) is 24.3 Å². The van der Waals surface area contributed by atoms with Crippen LogP contribution in [0.25, 0.3) is 15.7 Å². The second kappa shape index (κ2) is 7.71. The number of hydrogen-bond acceptors (Lipinski definition) is 6. The van der Waals surface area contributed by atoms with E-state index in [1.54, 1.807) is 12.4 Å². The number of anilines is 2. The first-order valence-corrected chi connectivity index (χ1v) is 12.8. The molecule has 176 valence electrons. The Morgan fingerprint density at radius 2 is 1.94 bits per heavy atom. The summed E-state index contributed by atoms with van der Waals surface area (Å²) in [5.41, 5.74) is 2.73. The van der Waals surface area contributed by atoms with E-state index in [0.717, 1.165) is 53.2 Å². The van der Waals surface area contributed by atoms with Gasteiger partial charge in [-0.1, -0.05) is 35.9 Å². The number of amides is 3. The molecule has 0 saturated carbocycles. The summed E-state index contributed by atoms with van der Waals surface area (Å²) < 4.78 is 5.40. The largest absolute Gasteiger partial charge is 0.380 e. The number of pyridine rings is 1. The molecular weight excluding hydrogens is 484 g/mol. The third-order valence-corrected chi connectivity index (χ3v) is 8.89. The topological polar surface area (TPSA) is 74.8 Å². The fraction of sp³-hybridized carbons (Fsp3) is 0.269. The minimum Gasteiger partial charge on any atom is -0.380 e. The summed E-state index contributed by atoms with van der Waals surface area (Å²) in [6.45, 7) is 3.55. The van der Waals surface area contributed by atoms with Gasteiger partial charge >= 0.3 is 6.03 Å². The maximum Gasteiger partial charge on any atom is 0.329 e. The van der Waals surface area contributed by atoms with Crippen molar-refractivity contribution in [2.24, 2.45) is 5.41 Å². The summed E-state index contributed by atoms with van der Waals surface area (Å²) in [5, 5.41) is 4.86. The first-order chi connectivity index (χ1) is 17.0. The number of nitrogens with zero attached hydrogens (tertiary/aromatic N) is 3. The number of hydrogen-bond donors (Lipinski definition) is 1. The van der Waals surface area contributed by atoms with Gasteiger partial charge in [-0.2, -0.15) is 0 Å². The summed E-state index contributed by atoms with van der Waals surface area (Å²) in [4.78, 5) is 35.6. The molecule has 3 amide bonds. The molecule has 0 radical (unpaired) electrons. The zero-order valence-corrected chi connectivity index (χ0v) is 20.2. The molecule has 9 heteroatoms. The number of carbonyl (C=O) groups is 2. The first-order valence-electron chi connectivity index (χ1n) is 11.5. The molecule has 4 aliphatic rings. The summed E-state index contributed by atoms with van der Waals surface area (Å²) in [6.07, 6.45) is 5.28. The van der Waals surface area contributed by atoms with Crippen molar-refractivity contribution >= 4 is 62.4 Å². The zero-order chi connectivity index (χ0) is 23.7. The zero-order valence-electron chi connectivity index (χ0n) is 18.6. The smallest absolute Gasteiger partial charge is 0.329 e. The average Bonchev–Trinajstić information content (AvgIpc) is 3.22. The lowest BCUT2D eigenvalue weighted by Gasteiger charge is -2.56. The van der Waals surface area contributed by atoms with Crippen molar-refractivity contribution in [3.8, 4) is 0 Å². The second-order valence-corrected chi connectivity index (χ2v) is 11.2. The summed E-state index contributed by atoms with van der Waals surface area (Å²) in [6, 6.07) is 12.8. The number of benzene rings is 2. The Kier molecular flexibility index (Phi) is 4.68. The molecule has 2 unspecified atom stereocenters. The molecule has 0 aliphatic carbocycles. The minimum atomic E-state index is -0.466. The second-order valence-electron chi connectivity index (χ2n) is 9.61. The highest BCUT2D eigenvalue weighted by molar-refractivity contribution is 8.09. The molecule has 7 nitrogen and oxygen atoms in total. The number of imide groups is 1. The van der Waals surface area contributed by atoms with Crippen molar-refractivity contribution < 1.29 is 14.3 Å². The fourth-order valence-corrected chi connectivity index (χ4v) is 6.93. The molecule has 1 spiro atoms. The number of ether oxygens (including phenoxy) is 1. The normalized spacial score (nSPS) is 24.7. The van der Waals surface area contributed by atoms with E-state index in [4.69, 9.17) is 16.3 Å². The van der Waals surface area contributed by atoms with Gasteiger partial charge in [0.1, 0.15) is 5.25 Å². The molecule has 1 N–H and O–H groups in total. The third kappa shape index (κ3) is 3.27. The lowest BCUT2D eigenvalue weighted by Crippen LogP contribution is -2.66. The summed E-state index contributed by atoms with van der Waals surface area (Å²) in [7, 11) is 0. The molecule has 2 aromatic carbocycles. The predicted molar refractivity (Wildman–Crippen MR) is 138 cm³/mol. The molecule has 3 saturated heterocycles. The van der Waals surface area contributed by atoms with Crippen LogP contribution in [0.3, 0.4) is 0 Å². The van der Waals surface area contributed by atoms with Crippen LogP contribution in [0.1, 0.15) is 5.56 Å². The Bertz CT molecular complexity index is 1430. The highest BCUT2D eigenvalue weighted by atomic mass is 35.5. The molecule has 3 aromatic rings. The van der Waals surface area contributed by atoms with E-state index in [1.165, 1.54) is 16.7 Å². The standard InChI is InChI=1S/C26H21ClN4O3S/c27-19-4-2-1-3-17(19)22-8-20-23(35-22)24(32)31(25(33)29-20)21-10-28-9-15-5-6-16(7-18(15)21)30-11-26(12-30)13-34-14-26/h1-10,20,23H,11-14H2,(H,29,33). The van der Waals surface area contributed by atoms with Crippen LogP contribution in [-0.4, -0.2) is 54.5 Å². The molecule has 4 aliphatic heterocycles. The molecule has 5 heterocycles. The van der Waals surface area contributed by atoms with E-state index in [2.05, 4.69) is 27.3 Å². The van der Waals surface area contributed by atoms with Gasteiger partial charge in [0, 0.05) is 51.2 Å². The highest BCUT2D eigenvalue weighted by Gasteiger charge is 2.49. The van der Waals surface area contributed by atoms with Crippen molar-refractivity contribution in [2.75, 3.05) is 36.1 Å². The van der Waals surface area contributed by atoms with Gasteiger partial charge in [-0.15, -0.1) is 11.8 Å². The van der Waals surface area contributed by atoms with Crippen LogP contribution in [-0.2, 0) is 9.53 Å². The maximum absolute atomic E-state index is 13.7. The summed E-state index contributed by atoms with van der Waals surface area (Å²) >= 11 is 7.82. The molecule has 0 bridgehead atoms. The highest BCUT2D eigenvalue weighted by Crippen LogP contribution is 2.45. The van der Waals surface area contributed by atoms with Crippen molar-refractivity contribution in [3.63, 3.8) is 0 Å². The van der Waals surface area contributed by atoms with Crippen molar-refractivity contribution in [1.29, 1.82) is 0 Å². The maximum atomic E-state index is 13.7. The van der Waals surface area contributed by atoms with Gasteiger partial charge < -0.3 is 15.0 Å². The Balaban J connectivity index is 1.21. The first kappa shape index (κ1) is 21.2. The van der Waals surface area contributed by atoms with Gasteiger partial charge in [-0.25, -0.2) is 9.69 Å². The third-order valence-electron chi connectivity index (χ3n) is 7.21. The SMILES string of the molecule is O=C1NC2C=C(c3ccccc3Cl)SC2C(=O)N1c1cncc2ccc(N3CC4(COC4)C3)cc12. The van der Waals surface area contributed by atoms with Crippen LogP contribution in [0.2, 0.25) is 5.02 Å². The Labute approximate surface area is 211 Å². The molecule has 2 atom stereocenters. The number of halogens is 1. The number of urea groups is 1. The average molecular weight is 505 g/mol. The molecule has 35 heavy (non-hydrogen) atoms. The minimum absolute atomic E-state index is 0.253. The summed E-state index contributed by atoms with van der Waals surface area (Å²) in [5.74, 6) is -0.253. The lowest BCUT2D eigenvalue weighted by atomic mass is 9.77. The Morgan fingerprint density at radius 3 is 2.71 bits per heavy atom. The fourth-order valence-electron chi connectivity index (χ4n) is 5.33. The van der Waals surface area contributed by atoms with Crippen LogP contribution in [0.15, 0.2) is 60.9 Å². The van der Waals surface area contributed by atoms with Gasteiger partial charge in [0.05, 0.1) is 36.6 Å². The van der Waals surface area contributed by atoms with Gasteiger partial charge in [0.15, 0.2) is 0 Å². The van der Waals surface area contributed by atoms with Crippen molar-refractivity contribution in [1.82, 2.24) is 10.3 Å². The van der Waals surface area contributed by atoms with Crippen LogP contribution < -0.4 is 15.1 Å². The van der Waals surface area contributed by atoms with Crippen molar-refractivity contribution in [3.05, 3.63) is 71.5 Å². The molecule has 3 fully saturated rings. The number of thioether (sulfide) groups is 1. The van der Waals surface area contributed by atoms with Crippen LogP contribution in [0.4, 0.5) is 16.2 Å². The van der Waals surface area contributed by atoms with E-state index in [0.29, 0.717) is 16.1 Å². The van der Waals surface area contributed by atoms with Gasteiger partial charge in [-0.3, -0.25) is 9.78 Å².